The summed E-state index contributed by atoms with van der Waals surface area (Å²) in [7, 11) is 0. The van der Waals surface area contributed by atoms with Crippen LogP contribution in [0.15, 0.2) is 146 Å². The summed E-state index contributed by atoms with van der Waals surface area (Å²) in [5.74, 6) is 0.807. The van der Waals surface area contributed by atoms with Crippen LogP contribution in [0.25, 0.3) is 22.3 Å². The molecule has 5 heterocycles. The van der Waals surface area contributed by atoms with Gasteiger partial charge < -0.3 is 29.8 Å². The van der Waals surface area contributed by atoms with Crippen molar-refractivity contribution in [2.45, 2.75) is 91.9 Å². The summed E-state index contributed by atoms with van der Waals surface area (Å²) < 4.78 is 5.23. The van der Waals surface area contributed by atoms with Gasteiger partial charge in [0.25, 0.3) is 6.47 Å². The maximum atomic E-state index is 12.1. The van der Waals surface area contributed by atoms with Crippen LogP contribution in [0.1, 0.15) is 146 Å². The summed E-state index contributed by atoms with van der Waals surface area (Å²) in [6.07, 6.45) is 11.8. The minimum atomic E-state index is -0.966. The van der Waals surface area contributed by atoms with Gasteiger partial charge in [-0.25, -0.2) is 4.79 Å². The second kappa shape index (κ2) is 21.8. The van der Waals surface area contributed by atoms with E-state index in [9.17, 15) is 14.7 Å². The summed E-state index contributed by atoms with van der Waals surface area (Å²) in [5.41, 5.74) is 14.4. The Morgan fingerprint density at radius 1 is 0.471 bits per heavy atom. The molecule has 0 spiro atoms. The van der Waals surface area contributed by atoms with Gasteiger partial charge in [-0.1, -0.05) is 152 Å². The predicted octanol–water partition coefficient (Wildman–Crippen LogP) is 11.1. The van der Waals surface area contributed by atoms with Gasteiger partial charge in [0, 0.05) is 66.5 Å². The lowest BCUT2D eigenvalue weighted by Crippen LogP contribution is -2.19. The molecule has 8 aromatic rings. The van der Waals surface area contributed by atoms with Crippen molar-refractivity contribution in [1.82, 2.24) is 19.9 Å². The van der Waals surface area contributed by atoms with E-state index in [4.69, 9.17) is 4.74 Å². The molecule has 1 aliphatic heterocycles. The number of rotatable bonds is 19. The lowest BCUT2D eigenvalue weighted by atomic mass is 9.91. The number of carboxylic acids is 1. The molecule has 8 heteroatoms. The van der Waals surface area contributed by atoms with Crippen molar-refractivity contribution in [3.8, 4) is 5.75 Å². The van der Waals surface area contributed by atoms with Crippen molar-refractivity contribution < 1.29 is 19.4 Å². The molecule has 70 heavy (non-hydrogen) atoms. The third-order valence-corrected chi connectivity index (χ3v) is 14.3. The van der Waals surface area contributed by atoms with Crippen LogP contribution in [0, 0.1) is 11.8 Å². The minimum Gasteiger partial charge on any atom is -0.478 e. The molecule has 0 radical (unpaired) electrons. The molecule has 1 aliphatic rings. The van der Waals surface area contributed by atoms with Crippen LogP contribution < -0.4 is 26.1 Å². The number of unbranched alkanes of at least 4 members (excludes halogenated alkanes) is 2. The lowest BCUT2D eigenvalue weighted by Gasteiger charge is -2.15. The zero-order valence-electron chi connectivity index (χ0n) is 40.8. The summed E-state index contributed by atoms with van der Waals surface area (Å²) in [4.78, 5) is 38.8. The summed E-state index contributed by atoms with van der Waals surface area (Å²) in [6, 6.07) is 50.0. The van der Waals surface area contributed by atoms with Crippen LogP contribution >= 0.6 is 0 Å². The molecule has 2 atom stereocenters. The maximum absolute atomic E-state index is 12.1. The highest BCUT2D eigenvalue weighted by molar-refractivity contribution is 5.89. The molecule has 0 aliphatic carbocycles. The van der Waals surface area contributed by atoms with Gasteiger partial charge in [-0.15, -0.1) is 0 Å². The average Bonchev–Trinajstić information content (AvgIpc) is 4.24. The molecular weight excluding hydrogens is 865 g/mol. The second-order valence-electron chi connectivity index (χ2n) is 18.9. The van der Waals surface area contributed by atoms with Crippen molar-refractivity contribution in [2.24, 2.45) is 11.8 Å². The normalized spacial score (nSPS) is 13.4. The lowest BCUT2D eigenvalue weighted by molar-refractivity contribution is -0.120. The fraction of sp³-hybridized carbons (Fsp3) is 0.258. The first-order chi connectivity index (χ1) is 34.3. The van der Waals surface area contributed by atoms with Crippen LogP contribution in [0.5, 0.6) is 5.75 Å². The first kappa shape index (κ1) is 47.5. The first-order valence-corrected chi connectivity index (χ1v) is 25.3. The first-order valence-electron chi connectivity index (χ1n) is 25.3. The zero-order valence-corrected chi connectivity index (χ0v) is 40.8. The van der Waals surface area contributed by atoms with E-state index < -0.39 is 5.97 Å². The molecule has 0 saturated heterocycles. The molecule has 0 saturated carbocycles. The standard InChI is InChI=1S/C62H64N4O4/c1-5-9-11-40(7-3)37-42-13-17-44(18-14-42)58-50-29-33-54(63-50)60(46-21-23-48(24-22-46)62(68)69)55-34-30-51(64-55)59(45-19-15-43(16-20-45)38-41(8-4)12-10-6-2)53-32-36-57(66-53)61(56-35-31-52(58)65-56)47-25-27-49(28-26-47)70-39-67/h13-36,39-41,63-66H,5-12,37-38H2,1-4H3,(H,68,69). The predicted molar refractivity (Wildman–Crippen MR) is 282 cm³/mol. The number of nitrogens with one attached hydrogen (secondary N) is 4. The number of carbonyl (C=O) groups excluding carboxylic acids is 1. The van der Waals surface area contributed by atoms with Gasteiger partial charge >= 0.3 is 5.97 Å². The number of carboxylic acid groups (broad SMARTS) is 1. The van der Waals surface area contributed by atoms with Crippen LogP contribution in [-0.4, -0.2) is 37.5 Å². The van der Waals surface area contributed by atoms with Crippen molar-refractivity contribution in [1.29, 1.82) is 0 Å². The Kier molecular flexibility index (Phi) is 14.8. The fourth-order valence-electron chi connectivity index (χ4n) is 10.3. The van der Waals surface area contributed by atoms with Crippen LogP contribution in [0.4, 0.5) is 0 Å². The molecule has 0 amide bonds. The van der Waals surface area contributed by atoms with Crippen molar-refractivity contribution in [3.05, 3.63) is 229 Å². The Balaban J connectivity index is 1.29. The number of aromatic carboxylic acids is 1. The molecule has 5 N–H and O–H groups in total. The van der Waals surface area contributed by atoms with E-state index in [1.54, 1.807) is 12.1 Å². The highest BCUT2D eigenvalue weighted by atomic mass is 16.5. The molecule has 4 aromatic heterocycles. The summed E-state index contributed by atoms with van der Waals surface area (Å²) in [5, 5.41) is 13.5. The molecule has 356 valence electrons. The Morgan fingerprint density at radius 3 is 1.13 bits per heavy atom. The number of ether oxygens (including phenoxy) is 1. The van der Waals surface area contributed by atoms with E-state index >= 15 is 0 Å². The summed E-state index contributed by atoms with van der Waals surface area (Å²) in [6.45, 7) is 9.58. The van der Waals surface area contributed by atoms with Crippen molar-refractivity contribution >= 4 is 34.7 Å². The minimum absolute atomic E-state index is 0.229. The Bertz CT molecular complexity index is 3330. The van der Waals surface area contributed by atoms with Gasteiger partial charge in [-0.2, -0.15) is 0 Å². The maximum Gasteiger partial charge on any atom is 0.335 e. The Morgan fingerprint density at radius 2 is 0.814 bits per heavy atom. The van der Waals surface area contributed by atoms with E-state index in [0.717, 1.165) is 114 Å². The smallest absolute Gasteiger partial charge is 0.335 e. The molecular formula is C62H64N4O4. The van der Waals surface area contributed by atoms with E-state index in [1.165, 1.54) is 49.7 Å². The Hall–Kier alpha value is -7.58. The van der Waals surface area contributed by atoms with Gasteiger partial charge in [-0.3, -0.25) is 4.79 Å². The van der Waals surface area contributed by atoms with Gasteiger partial charge in [0.2, 0.25) is 0 Å². The van der Waals surface area contributed by atoms with Gasteiger partial charge in [-0.05, 0) is 131 Å². The quantitative estimate of drug-likeness (QED) is 0.0518. The van der Waals surface area contributed by atoms with Gasteiger partial charge in [0.05, 0.1) is 5.56 Å². The SMILES string of the molecule is CCCCC(CC)Cc1ccc(C2=c3ccc([nH]3)=C(c3ccc(OC=O)cc3)c3ccc([nH]3)C(c3ccc(CC(CC)CCCC)cc3)=c3ccc([nH]3)=C(c3ccc(C(=O)O)cc3)c3ccc2[nH]3)cc1. The van der Waals surface area contributed by atoms with Crippen LogP contribution in [-0.2, 0) is 17.6 Å². The molecule has 9 rings (SSSR count). The highest BCUT2D eigenvalue weighted by Crippen LogP contribution is 2.30. The van der Waals surface area contributed by atoms with Crippen molar-refractivity contribution in [2.75, 3.05) is 0 Å². The number of fused-ring (bicyclic) bond motifs is 8. The van der Waals surface area contributed by atoms with Gasteiger partial charge in [0.15, 0.2) is 0 Å². The molecule has 4 aromatic carbocycles. The third kappa shape index (κ3) is 10.4. The summed E-state index contributed by atoms with van der Waals surface area (Å²) >= 11 is 0. The average molecular weight is 929 g/mol. The molecule has 8 bridgehead atoms. The van der Waals surface area contributed by atoms with E-state index in [0.29, 0.717) is 24.1 Å². The monoisotopic (exact) mass is 928 g/mol. The number of aromatic amines is 4. The van der Waals surface area contributed by atoms with E-state index in [2.05, 4.69) is 145 Å². The van der Waals surface area contributed by atoms with Crippen LogP contribution in [0.2, 0.25) is 0 Å². The number of hydrogen-bond acceptors (Lipinski definition) is 3. The number of carbonyl (C=O) groups is 2. The van der Waals surface area contributed by atoms with Crippen LogP contribution in [0.3, 0.4) is 0 Å². The number of aromatic nitrogens is 4. The highest BCUT2D eigenvalue weighted by Gasteiger charge is 2.20. The molecule has 2 unspecified atom stereocenters. The molecule has 8 nitrogen and oxygen atoms in total. The fourth-order valence-corrected chi connectivity index (χ4v) is 10.3. The van der Waals surface area contributed by atoms with Gasteiger partial charge in [0.1, 0.15) is 5.75 Å². The topological polar surface area (TPSA) is 127 Å². The second-order valence-corrected chi connectivity index (χ2v) is 18.9. The van der Waals surface area contributed by atoms with E-state index in [1.807, 2.05) is 36.4 Å². The van der Waals surface area contributed by atoms with E-state index in [-0.39, 0.29) is 5.56 Å². The zero-order chi connectivity index (χ0) is 48.6. The number of H-pyrrole nitrogens is 4. The number of hydrogen-bond donors (Lipinski definition) is 5. The third-order valence-electron chi connectivity index (χ3n) is 14.3. The largest absolute Gasteiger partial charge is 0.478 e. The Labute approximate surface area is 410 Å². The van der Waals surface area contributed by atoms with Crippen molar-refractivity contribution in [3.63, 3.8) is 0 Å². The molecule has 0 fully saturated rings. The number of benzene rings is 4.